The molecule has 1 aromatic carbocycles. The van der Waals surface area contributed by atoms with Gasteiger partial charge in [0, 0.05) is 31.3 Å². The molecule has 2 unspecified atom stereocenters. The lowest BCUT2D eigenvalue weighted by Crippen LogP contribution is -2.69. The van der Waals surface area contributed by atoms with Gasteiger partial charge in [-0.25, -0.2) is 0 Å². The van der Waals surface area contributed by atoms with Gasteiger partial charge in [-0.1, -0.05) is 43.2 Å². The summed E-state index contributed by atoms with van der Waals surface area (Å²) in [5.74, 6) is 0.734. The van der Waals surface area contributed by atoms with Crippen molar-refractivity contribution in [3.8, 4) is 0 Å². The molecule has 4 heteroatoms. The van der Waals surface area contributed by atoms with E-state index in [1.807, 2.05) is 0 Å². The van der Waals surface area contributed by atoms with Crippen molar-refractivity contribution >= 4 is 11.6 Å². The summed E-state index contributed by atoms with van der Waals surface area (Å²) in [7, 11) is 0. The topological polar surface area (TPSA) is 44.7 Å². The minimum absolute atomic E-state index is 0.270. The Kier molecular flexibility index (Phi) is 3.93. The number of hydrogen-bond donors (Lipinski definition) is 1. The van der Waals surface area contributed by atoms with Crippen LogP contribution in [-0.2, 0) is 11.3 Å². The zero-order valence-electron chi connectivity index (χ0n) is 15.5. The van der Waals surface area contributed by atoms with Crippen molar-refractivity contribution in [3.05, 3.63) is 35.9 Å². The number of piperidine rings is 1. The highest BCUT2D eigenvalue weighted by Crippen LogP contribution is 2.47. The molecule has 2 heterocycles. The van der Waals surface area contributed by atoms with Gasteiger partial charge in [0.05, 0.1) is 5.41 Å². The first-order chi connectivity index (χ1) is 12.7. The number of carbonyl (C=O) groups is 1. The Hall–Kier alpha value is -1.68. The highest BCUT2D eigenvalue weighted by Gasteiger charge is 2.57. The third-order valence-electron chi connectivity index (χ3n) is 7.05. The van der Waals surface area contributed by atoms with E-state index >= 15 is 0 Å². The smallest absolute Gasteiger partial charge is 0.235 e. The molecule has 2 bridgehead atoms. The van der Waals surface area contributed by atoms with Gasteiger partial charge in [0.15, 0.2) is 0 Å². The van der Waals surface area contributed by atoms with Gasteiger partial charge >= 0.3 is 0 Å². The minimum Gasteiger partial charge on any atom is -0.331 e. The van der Waals surface area contributed by atoms with Gasteiger partial charge in [-0.05, 0) is 44.1 Å². The minimum atomic E-state index is -0.362. The molecule has 2 aliphatic carbocycles. The van der Waals surface area contributed by atoms with Gasteiger partial charge in [0.2, 0.25) is 5.91 Å². The van der Waals surface area contributed by atoms with Crippen molar-refractivity contribution in [2.45, 2.75) is 63.6 Å². The van der Waals surface area contributed by atoms with Crippen molar-refractivity contribution in [2.75, 3.05) is 13.1 Å². The fraction of sp³-hybridized carbons (Fsp3) is 0.636. The van der Waals surface area contributed by atoms with Gasteiger partial charge in [-0.2, -0.15) is 0 Å². The number of nitrogens with zero attached hydrogens (tertiary/aromatic N) is 2. The molecule has 2 aliphatic heterocycles. The lowest BCUT2D eigenvalue weighted by molar-refractivity contribution is -0.134. The molecular formula is C22H29N3O. The molecule has 1 amide bonds. The predicted molar refractivity (Wildman–Crippen MR) is 103 cm³/mol. The lowest BCUT2D eigenvalue weighted by atomic mass is 9.62. The Morgan fingerprint density at radius 3 is 2.69 bits per heavy atom. The number of nitrogens with one attached hydrogen (secondary N) is 1. The normalized spacial score (nSPS) is 33.3. The van der Waals surface area contributed by atoms with E-state index in [0.29, 0.717) is 5.92 Å². The molecule has 1 spiro atoms. The maximum atomic E-state index is 13.4. The second-order valence-electron chi connectivity index (χ2n) is 8.87. The van der Waals surface area contributed by atoms with Gasteiger partial charge in [0.25, 0.3) is 0 Å². The fourth-order valence-electron chi connectivity index (χ4n) is 5.83. The molecule has 0 radical (unpaired) electrons. The molecule has 4 nitrogen and oxygen atoms in total. The summed E-state index contributed by atoms with van der Waals surface area (Å²) < 4.78 is 0. The number of aliphatic imine (C=N–C) groups is 1. The molecule has 3 fully saturated rings. The van der Waals surface area contributed by atoms with Crippen LogP contribution in [0.3, 0.4) is 0 Å². The number of rotatable bonds is 2. The highest BCUT2D eigenvalue weighted by molar-refractivity contribution is 6.12. The Balaban J connectivity index is 1.46. The van der Waals surface area contributed by atoms with Crippen LogP contribution in [0.15, 0.2) is 35.3 Å². The first-order valence-corrected chi connectivity index (χ1v) is 10.4. The van der Waals surface area contributed by atoms with Gasteiger partial charge in [-0.15, -0.1) is 0 Å². The second-order valence-corrected chi connectivity index (χ2v) is 8.87. The van der Waals surface area contributed by atoms with Gasteiger partial charge in [0.1, 0.15) is 5.66 Å². The zero-order chi connectivity index (χ0) is 17.6. The summed E-state index contributed by atoms with van der Waals surface area (Å²) in [5, 5.41) is 3.41. The summed E-state index contributed by atoms with van der Waals surface area (Å²) in [6.07, 6.45) is 9.03. The molecule has 2 atom stereocenters. The van der Waals surface area contributed by atoms with Crippen LogP contribution in [0.5, 0.6) is 0 Å². The lowest BCUT2D eigenvalue weighted by Gasteiger charge is -2.54. The quantitative estimate of drug-likeness (QED) is 0.886. The van der Waals surface area contributed by atoms with Crippen molar-refractivity contribution in [3.63, 3.8) is 0 Å². The van der Waals surface area contributed by atoms with Crippen molar-refractivity contribution in [2.24, 2.45) is 16.3 Å². The molecule has 1 saturated heterocycles. The molecule has 1 N–H and O–H groups in total. The van der Waals surface area contributed by atoms with E-state index in [2.05, 4.69) is 40.5 Å². The first-order valence-electron chi connectivity index (χ1n) is 10.4. The molecule has 5 rings (SSSR count). The van der Waals surface area contributed by atoms with E-state index in [4.69, 9.17) is 4.99 Å². The van der Waals surface area contributed by atoms with Crippen molar-refractivity contribution in [1.82, 2.24) is 10.2 Å². The van der Waals surface area contributed by atoms with E-state index in [1.165, 1.54) is 37.0 Å². The summed E-state index contributed by atoms with van der Waals surface area (Å²) in [4.78, 5) is 21.2. The number of amides is 1. The first kappa shape index (κ1) is 16.5. The Labute approximate surface area is 156 Å². The summed E-state index contributed by atoms with van der Waals surface area (Å²) in [5.41, 5.74) is 1.96. The summed E-state index contributed by atoms with van der Waals surface area (Å²) >= 11 is 0. The zero-order valence-corrected chi connectivity index (χ0v) is 15.5. The number of hydrogen-bond acceptors (Lipinski definition) is 3. The highest BCUT2D eigenvalue weighted by atomic mass is 16.2. The van der Waals surface area contributed by atoms with Crippen LogP contribution in [0.4, 0.5) is 0 Å². The van der Waals surface area contributed by atoms with E-state index in [9.17, 15) is 4.79 Å². The van der Waals surface area contributed by atoms with Crippen LogP contribution in [0.1, 0.15) is 56.9 Å². The average molecular weight is 351 g/mol. The van der Waals surface area contributed by atoms with Crippen LogP contribution in [0.2, 0.25) is 0 Å². The predicted octanol–water partition coefficient (Wildman–Crippen LogP) is 3.52. The number of benzene rings is 1. The van der Waals surface area contributed by atoms with E-state index in [-0.39, 0.29) is 17.0 Å². The Morgan fingerprint density at radius 1 is 1.08 bits per heavy atom. The number of carbonyl (C=O) groups excluding carboxylic acids is 1. The van der Waals surface area contributed by atoms with E-state index < -0.39 is 0 Å². The Morgan fingerprint density at radius 2 is 1.88 bits per heavy atom. The van der Waals surface area contributed by atoms with E-state index in [1.54, 1.807) is 0 Å². The summed E-state index contributed by atoms with van der Waals surface area (Å²) in [6.45, 7) is 2.82. The maximum absolute atomic E-state index is 13.4. The summed E-state index contributed by atoms with van der Waals surface area (Å²) in [6, 6.07) is 10.6. The molecule has 4 aliphatic rings. The third kappa shape index (κ3) is 2.61. The van der Waals surface area contributed by atoms with Crippen LogP contribution < -0.4 is 5.32 Å². The van der Waals surface area contributed by atoms with Crippen LogP contribution >= 0.6 is 0 Å². The largest absolute Gasteiger partial charge is 0.331 e. The van der Waals surface area contributed by atoms with Crippen LogP contribution in [0, 0.1) is 11.3 Å². The molecule has 26 heavy (non-hydrogen) atoms. The molecule has 2 saturated carbocycles. The van der Waals surface area contributed by atoms with Gasteiger partial charge < -0.3 is 5.32 Å². The monoisotopic (exact) mass is 351 g/mol. The molecule has 1 aromatic rings. The van der Waals surface area contributed by atoms with E-state index in [0.717, 1.165) is 45.3 Å². The maximum Gasteiger partial charge on any atom is 0.235 e. The third-order valence-corrected chi connectivity index (χ3v) is 7.05. The van der Waals surface area contributed by atoms with Gasteiger partial charge in [-0.3, -0.25) is 14.7 Å². The molecule has 138 valence electrons. The average Bonchev–Trinajstić information content (AvgIpc) is 2.63. The molecule has 0 aromatic heterocycles. The van der Waals surface area contributed by atoms with Crippen LogP contribution in [-0.4, -0.2) is 35.3 Å². The Bertz CT molecular complexity index is 722. The fourth-order valence-corrected chi connectivity index (χ4v) is 5.83. The standard InChI is InChI=1S/C22H29N3O/c26-20-21-11-7-10-18(15-25(16-21)14-17-8-3-1-4-9-17)19(21)23-22(24-20)12-5-2-6-13-22/h1,3-4,8-9,18H,2,5-7,10-16H2,(H,24,26). The van der Waals surface area contributed by atoms with Crippen LogP contribution in [0.25, 0.3) is 0 Å². The second kappa shape index (κ2) is 6.19. The molecular weight excluding hydrogens is 322 g/mol. The number of likely N-dealkylation sites (tertiary alicyclic amines) is 1. The SMILES string of the molecule is O=C1NC2(CCCCC2)N=C2C3CCCC12CN(Cc1ccccc1)C3. The van der Waals surface area contributed by atoms with Crippen molar-refractivity contribution < 1.29 is 4.79 Å². The van der Waals surface area contributed by atoms with Crippen molar-refractivity contribution in [1.29, 1.82) is 0 Å².